The van der Waals surface area contributed by atoms with Crippen molar-refractivity contribution in [2.75, 3.05) is 11.9 Å². The minimum absolute atomic E-state index is 0.0128. The van der Waals surface area contributed by atoms with E-state index in [0.29, 0.717) is 0 Å². The lowest BCUT2D eigenvalue weighted by Crippen LogP contribution is -2.33. The molecule has 0 aromatic carbocycles. The highest BCUT2D eigenvalue weighted by Crippen LogP contribution is 2.33. The van der Waals surface area contributed by atoms with Crippen LogP contribution in [0.4, 0.5) is 5.95 Å². The van der Waals surface area contributed by atoms with Crippen LogP contribution in [-0.4, -0.2) is 56.2 Å². The summed E-state index contributed by atoms with van der Waals surface area (Å²) < 4.78 is 18.5. The van der Waals surface area contributed by atoms with Gasteiger partial charge in [-0.1, -0.05) is 41.5 Å². The predicted octanol–water partition coefficient (Wildman–Crippen LogP) is 1.77. The van der Waals surface area contributed by atoms with Gasteiger partial charge in [0.15, 0.2) is 11.2 Å². The molecular weight excluding hydrogens is 446 g/mol. The summed E-state index contributed by atoms with van der Waals surface area (Å²) in [5.74, 6) is -2.10. The van der Waals surface area contributed by atoms with Crippen molar-refractivity contribution in [1.82, 2.24) is 19.5 Å². The van der Waals surface area contributed by atoms with Gasteiger partial charge in [-0.3, -0.25) is 34.0 Å². The van der Waals surface area contributed by atoms with Gasteiger partial charge in [-0.2, -0.15) is 4.98 Å². The molecule has 3 heterocycles. The second-order valence-corrected chi connectivity index (χ2v) is 9.16. The summed E-state index contributed by atoms with van der Waals surface area (Å²) in [5, 5.41) is 2.57. The number of hydrogen-bond donors (Lipinski definition) is 2. The first-order valence-electron chi connectivity index (χ1n) is 11.3. The molecule has 3 rings (SSSR count). The van der Waals surface area contributed by atoms with Crippen LogP contribution in [0, 0.1) is 17.8 Å². The first kappa shape index (κ1) is 25.3. The minimum Gasteiger partial charge on any atom is -0.463 e. The van der Waals surface area contributed by atoms with Crippen molar-refractivity contribution in [3.63, 3.8) is 0 Å². The summed E-state index contributed by atoms with van der Waals surface area (Å²) in [6.07, 6.45) is -0.458. The molecule has 0 aliphatic carbocycles. The lowest BCUT2D eigenvalue weighted by molar-refractivity contribution is -0.162. The molecule has 2 aromatic heterocycles. The van der Waals surface area contributed by atoms with Crippen molar-refractivity contribution in [2.45, 2.75) is 66.4 Å². The first-order chi connectivity index (χ1) is 16.0. The fraction of sp³-hybridized carbons (Fsp3) is 0.636. The van der Waals surface area contributed by atoms with Crippen molar-refractivity contribution in [3.05, 3.63) is 16.7 Å². The number of H-pyrrole nitrogens is 1. The molecule has 12 heteroatoms. The molecule has 1 amide bonds. The largest absolute Gasteiger partial charge is 0.463 e. The zero-order valence-electron chi connectivity index (χ0n) is 20.2. The Morgan fingerprint density at radius 1 is 1.15 bits per heavy atom. The van der Waals surface area contributed by atoms with E-state index < -0.39 is 35.9 Å². The highest BCUT2D eigenvalue weighted by molar-refractivity contribution is 5.91. The summed E-state index contributed by atoms with van der Waals surface area (Å²) in [5.41, 5.74) is -0.260. The smallest absolute Gasteiger partial charge is 0.308 e. The summed E-state index contributed by atoms with van der Waals surface area (Å²) in [6.45, 7) is 10.2. The third-order valence-electron chi connectivity index (χ3n) is 5.29. The number of ether oxygens (including phenoxy) is 3. The van der Waals surface area contributed by atoms with Crippen LogP contribution in [0.2, 0.25) is 0 Å². The van der Waals surface area contributed by atoms with E-state index >= 15 is 0 Å². The number of carbonyl (C=O) groups is 3. The molecule has 2 N–H and O–H groups in total. The van der Waals surface area contributed by atoms with Gasteiger partial charge in [-0.25, -0.2) is 4.98 Å². The third kappa shape index (κ3) is 5.61. The molecule has 2 aromatic rings. The topological polar surface area (TPSA) is 155 Å². The number of imidazole rings is 1. The van der Waals surface area contributed by atoms with Crippen molar-refractivity contribution in [1.29, 1.82) is 0 Å². The van der Waals surface area contributed by atoms with Crippen LogP contribution >= 0.6 is 0 Å². The van der Waals surface area contributed by atoms with Crippen LogP contribution < -0.4 is 10.9 Å². The molecule has 3 atom stereocenters. The Kier molecular flexibility index (Phi) is 7.70. The average molecular weight is 478 g/mol. The maximum Gasteiger partial charge on any atom is 0.308 e. The van der Waals surface area contributed by atoms with Gasteiger partial charge in [0.05, 0.1) is 18.2 Å². The summed E-state index contributed by atoms with van der Waals surface area (Å²) in [6, 6.07) is 0. The van der Waals surface area contributed by atoms with E-state index in [-0.39, 0.29) is 53.8 Å². The predicted molar refractivity (Wildman–Crippen MR) is 121 cm³/mol. The highest BCUT2D eigenvalue weighted by Gasteiger charge is 2.41. The standard InChI is InChI=1S/C22H31N5O7/c1-10(2)18(28)25-22-24-17-16(19(29)26-22)23-9-27(17)15-7-13(34-21(31)12(5)6)14(33-15)8-32-20(30)11(3)4/h9-15H,7-8H2,1-6H3,(H2,24,25,26,28,29)/t13?,14-,15-/m1/s1. The van der Waals surface area contributed by atoms with Crippen LogP contribution in [0.25, 0.3) is 11.2 Å². The monoisotopic (exact) mass is 477 g/mol. The Morgan fingerprint density at radius 2 is 1.82 bits per heavy atom. The number of hydrogen-bond acceptors (Lipinski definition) is 9. The van der Waals surface area contributed by atoms with Gasteiger partial charge in [0.1, 0.15) is 25.0 Å². The first-order valence-corrected chi connectivity index (χ1v) is 11.3. The summed E-state index contributed by atoms with van der Waals surface area (Å²) in [7, 11) is 0. The molecule has 0 radical (unpaired) electrons. The lowest BCUT2D eigenvalue weighted by Gasteiger charge is -2.20. The number of carbonyl (C=O) groups excluding carboxylic acids is 3. The number of nitrogens with zero attached hydrogens (tertiary/aromatic N) is 3. The Morgan fingerprint density at radius 3 is 2.44 bits per heavy atom. The average Bonchev–Trinajstić information content (AvgIpc) is 3.35. The van der Waals surface area contributed by atoms with Crippen LogP contribution in [0.15, 0.2) is 11.1 Å². The Bertz CT molecular complexity index is 1120. The van der Waals surface area contributed by atoms with Gasteiger partial charge in [-0.05, 0) is 0 Å². The number of anilines is 1. The fourth-order valence-electron chi connectivity index (χ4n) is 3.22. The van der Waals surface area contributed by atoms with Crippen molar-refractivity contribution in [3.8, 4) is 0 Å². The molecule has 1 aliphatic rings. The Balaban J connectivity index is 1.88. The number of aromatic amines is 1. The van der Waals surface area contributed by atoms with Gasteiger partial charge < -0.3 is 14.2 Å². The van der Waals surface area contributed by atoms with Gasteiger partial charge in [0, 0.05) is 12.3 Å². The quantitative estimate of drug-likeness (QED) is 0.541. The van der Waals surface area contributed by atoms with Crippen LogP contribution in [0.3, 0.4) is 0 Å². The van der Waals surface area contributed by atoms with E-state index in [4.69, 9.17) is 14.2 Å². The molecule has 1 unspecified atom stereocenters. The third-order valence-corrected chi connectivity index (χ3v) is 5.29. The van der Waals surface area contributed by atoms with Gasteiger partial charge >= 0.3 is 11.9 Å². The number of nitrogens with one attached hydrogen (secondary N) is 2. The number of rotatable bonds is 8. The summed E-state index contributed by atoms with van der Waals surface area (Å²) >= 11 is 0. The normalized spacial score (nSPS) is 20.3. The zero-order valence-corrected chi connectivity index (χ0v) is 20.2. The number of fused-ring (bicyclic) bond motifs is 1. The maximum atomic E-state index is 12.5. The second kappa shape index (κ2) is 10.3. The molecule has 0 saturated carbocycles. The van der Waals surface area contributed by atoms with Crippen LogP contribution in [-0.2, 0) is 28.6 Å². The van der Waals surface area contributed by atoms with Gasteiger partial charge in [0.2, 0.25) is 11.9 Å². The summed E-state index contributed by atoms with van der Waals surface area (Å²) in [4.78, 5) is 59.7. The van der Waals surface area contributed by atoms with Crippen molar-refractivity contribution in [2.24, 2.45) is 17.8 Å². The number of esters is 2. The molecular formula is C22H31N5O7. The Hall–Kier alpha value is -3.28. The number of aromatic nitrogens is 4. The van der Waals surface area contributed by atoms with E-state index in [1.54, 1.807) is 41.5 Å². The fourth-order valence-corrected chi connectivity index (χ4v) is 3.22. The lowest BCUT2D eigenvalue weighted by atomic mass is 10.1. The van der Waals surface area contributed by atoms with E-state index in [1.165, 1.54) is 10.9 Å². The van der Waals surface area contributed by atoms with Crippen LogP contribution in [0.5, 0.6) is 0 Å². The zero-order chi connectivity index (χ0) is 25.2. The molecule has 12 nitrogen and oxygen atoms in total. The molecule has 1 saturated heterocycles. The van der Waals surface area contributed by atoms with Crippen LogP contribution in [0.1, 0.15) is 54.2 Å². The van der Waals surface area contributed by atoms with E-state index in [0.717, 1.165) is 0 Å². The van der Waals surface area contributed by atoms with Crippen molar-refractivity contribution >= 4 is 35.0 Å². The SMILES string of the molecule is CC(C)C(=O)Nc1nc2c(ncn2[C@H]2CC(OC(=O)C(C)C)[C@@H](COC(=O)C(C)C)O2)c(=O)[nH]1. The molecule has 0 bridgehead atoms. The van der Waals surface area contributed by atoms with E-state index in [2.05, 4.69) is 20.3 Å². The van der Waals surface area contributed by atoms with Gasteiger partial charge in [0.25, 0.3) is 5.56 Å². The van der Waals surface area contributed by atoms with E-state index in [9.17, 15) is 19.2 Å². The minimum atomic E-state index is -0.713. The molecule has 1 fully saturated rings. The Labute approximate surface area is 196 Å². The molecule has 1 aliphatic heterocycles. The number of amides is 1. The highest BCUT2D eigenvalue weighted by atomic mass is 16.6. The van der Waals surface area contributed by atoms with Gasteiger partial charge in [-0.15, -0.1) is 0 Å². The molecule has 34 heavy (non-hydrogen) atoms. The molecule has 0 spiro atoms. The van der Waals surface area contributed by atoms with E-state index in [1.807, 2.05) is 0 Å². The molecule has 186 valence electrons. The maximum absolute atomic E-state index is 12.5. The van der Waals surface area contributed by atoms with Crippen molar-refractivity contribution < 1.29 is 28.6 Å². The second-order valence-electron chi connectivity index (χ2n) is 9.16.